The molecule has 2 aromatic rings. The Morgan fingerprint density at radius 1 is 1.50 bits per heavy atom. The van der Waals surface area contributed by atoms with Crippen LogP contribution < -0.4 is 0 Å². The minimum atomic E-state index is -0.0757. The van der Waals surface area contributed by atoms with Crippen molar-refractivity contribution in [3.63, 3.8) is 0 Å². The van der Waals surface area contributed by atoms with Gasteiger partial charge in [-0.15, -0.1) is 11.3 Å². The van der Waals surface area contributed by atoms with Gasteiger partial charge in [-0.05, 0) is 19.1 Å². The number of Topliss-reactive ketones (excluding diaryl/α,β-unsaturated/α-hetero) is 1. The van der Waals surface area contributed by atoms with Gasteiger partial charge in [0.25, 0.3) is 0 Å². The van der Waals surface area contributed by atoms with Crippen LogP contribution in [-0.4, -0.2) is 10.8 Å². The zero-order valence-corrected chi connectivity index (χ0v) is 8.72. The van der Waals surface area contributed by atoms with Crippen LogP contribution in [0.1, 0.15) is 22.3 Å². The summed E-state index contributed by atoms with van der Waals surface area (Å²) < 4.78 is 5.20. The molecule has 72 valence electrons. The monoisotopic (exact) mass is 207 g/mol. The molecule has 0 N–H and O–H groups in total. The van der Waals surface area contributed by atoms with E-state index < -0.39 is 0 Å². The lowest BCUT2D eigenvalue weighted by Gasteiger charge is -1.85. The van der Waals surface area contributed by atoms with Crippen molar-refractivity contribution in [3.05, 3.63) is 29.0 Å². The molecule has 2 heterocycles. The van der Waals surface area contributed by atoms with Gasteiger partial charge in [-0.1, -0.05) is 0 Å². The van der Waals surface area contributed by atoms with Crippen LogP contribution in [0.3, 0.4) is 0 Å². The molecule has 0 unspecified atom stereocenters. The van der Waals surface area contributed by atoms with Crippen molar-refractivity contribution in [2.24, 2.45) is 0 Å². The van der Waals surface area contributed by atoms with Gasteiger partial charge in [0.1, 0.15) is 12.0 Å². The highest BCUT2D eigenvalue weighted by Gasteiger charge is 2.10. The highest BCUT2D eigenvalue weighted by Crippen LogP contribution is 2.26. The van der Waals surface area contributed by atoms with E-state index in [-0.39, 0.29) is 5.78 Å². The molecular weight excluding hydrogens is 198 g/mol. The van der Waals surface area contributed by atoms with Crippen LogP contribution in [-0.2, 0) is 0 Å². The molecule has 0 saturated heterocycles. The number of ketones is 1. The summed E-state index contributed by atoms with van der Waals surface area (Å²) in [6, 6.07) is 3.94. The van der Waals surface area contributed by atoms with Gasteiger partial charge < -0.3 is 4.42 Å². The number of hydrogen-bond acceptors (Lipinski definition) is 4. The van der Waals surface area contributed by atoms with E-state index in [2.05, 4.69) is 4.98 Å². The maximum atomic E-state index is 11.0. The largest absolute Gasteiger partial charge is 0.443 e. The maximum absolute atomic E-state index is 11.0. The molecule has 0 radical (unpaired) electrons. The number of rotatable bonds is 2. The molecule has 2 rings (SSSR count). The normalized spacial score (nSPS) is 10.4. The van der Waals surface area contributed by atoms with Crippen molar-refractivity contribution < 1.29 is 9.21 Å². The lowest BCUT2D eigenvalue weighted by molar-refractivity contribution is 0.101. The van der Waals surface area contributed by atoms with E-state index in [1.54, 1.807) is 11.3 Å². The van der Waals surface area contributed by atoms with E-state index in [0.29, 0.717) is 11.6 Å². The summed E-state index contributed by atoms with van der Waals surface area (Å²) in [5, 5.41) is 0. The third-order valence-corrected chi connectivity index (χ3v) is 2.80. The SMILES string of the molecule is CC(=O)c1coc(-c2ccc(C)s2)n1. The van der Waals surface area contributed by atoms with Crippen LogP contribution in [0, 0.1) is 6.92 Å². The number of carbonyl (C=O) groups excluding carboxylic acids is 1. The van der Waals surface area contributed by atoms with Gasteiger partial charge in [0.15, 0.2) is 5.78 Å². The average molecular weight is 207 g/mol. The zero-order valence-electron chi connectivity index (χ0n) is 7.90. The van der Waals surface area contributed by atoms with Crippen LogP contribution in [0.2, 0.25) is 0 Å². The number of thiophene rings is 1. The van der Waals surface area contributed by atoms with Gasteiger partial charge in [-0.25, -0.2) is 4.98 Å². The molecule has 0 amide bonds. The molecule has 0 aromatic carbocycles. The topological polar surface area (TPSA) is 43.1 Å². The Hall–Kier alpha value is -1.42. The molecule has 0 bridgehead atoms. The van der Waals surface area contributed by atoms with Crippen LogP contribution in [0.4, 0.5) is 0 Å². The Morgan fingerprint density at radius 3 is 2.79 bits per heavy atom. The Balaban J connectivity index is 2.38. The predicted octanol–water partition coefficient (Wildman–Crippen LogP) is 2.91. The lowest BCUT2D eigenvalue weighted by Crippen LogP contribution is -1.90. The second-order valence-corrected chi connectivity index (χ2v) is 4.29. The highest BCUT2D eigenvalue weighted by atomic mass is 32.1. The van der Waals surface area contributed by atoms with E-state index in [4.69, 9.17) is 4.42 Å². The molecule has 0 fully saturated rings. The fraction of sp³-hybridized carbons (Fsp3) is 0.200. The molecular formula is C10H9NO2S. The molecule has 0 aliphatic heterocycles. The minimum Gasteiger partial charge on any atom is -0.443 e. The molecule has 14 heavy (non-hydrogen) atoms. The first-order valence-corrected chi connectivity index (χ1v) is 5.02. The van der Waals surface area contributed by atoms with E-state index in [1.165, 1.54) is 18.1 Å². The molecule has 4 heteroatoms. The third-order valence-electron chi connectivity index (χ3n) is 1.82. The fourth-order valence-corrected chi connectivity index (χ4v) is 1.90. The van der Waals surface area contributed by atoms with Gasteiger partial charge in [0.2, 0.25) is 5.89 Å². The Bertz CT molecular complexity index is 470. The average Bonchev–Trinajstić information content (AvgIpc) is 2.70. The summed E-state index contributed by atoms with van der Waals surface area (Å²) in [5.41, 5.74) is 0.381. The Kier molecular flexibility index (Phi) is 2.21. The van der Waals surface area contributed by atoms with E-state index >= 15 is 0 Å². The number of aromatic nitrogens is 1. The summed E-state index contributed by atoms with van der Waals surface area (Å²) in [4.78, 5) is 17.2. The van der Waals surface area contributed by atoms with Crippen molar-refractivity contribution in [1.82, 2.24) is 4.98 Å². The predicted molar refractivity (Wildman–Crippen MR) is 54.6 cm³/mol. The summed E-state index contributed by atoms with van der Waals surface area (Å²) in [6.07, 6.45) is 1.40. The number of carbonyl (C=O) groups is 1. The van der Waals surface area contributed by atoms with Gasteiger partial charge >= 0.3 is 0 Å². The number of oxazole rings is 1. The van der Waals surface area contributed by atoms with Gasteiger partial charge in [0.05, 0.1) is 4.88 Å². The number of nitrogens with zero attached hydrogens (tertiary/aromatic N) is 1. The molecule has 2 aromatic heterocycles. The van der Waals surface area contributed by atoms with Crippen molar-refractivity contribution >= 4 is 17.1 Å². The van der Waals surface area contributed by atoms with Gasteiger partial charge in [-0.2, -0.15) is 0 Å². The smallest absolute Gasteiger partial charge is 0.236 e. The maximum Gasteiger partial charge on any atom is 0.236 e. The minimum absolute atomic E-state index is 0.0757. The van der Waals surface area contributed by atoms with Crippen molar-refractivity contribution in [3.8, 4) is 10.8 Å². The second-order valence-electron chi connectivity index (χ2n) is 3.00. The quantitative estimate of drug-likeness (QED) is 0.711. The summed E-state index contributed by atoms with van der Waals surface area (Å²) in [5.74, 6) is 0.446. The van der Waals surface area contributed by atoms with E-state index in [0.717, 1.165) is 4.88 Å². The summed E-state index contributed by atoms with van der Waals surface area (Å²) in [7, 11) is 0. The lowest BCUT2D eigenvalue weighted by atomic mass is 10.3. The summed E-state index contributed by atoms with van der Waals surface area (Å²) >= 11 is 1.60. The molecule has 0 aliphatic rings. The van der Waals surface area contributed by atoms with E-state index in [1.807, 2.05) is 19.1 Å². The Labute approximate surface area is 85.4 Å². The first kappa shape index (κ1) is 9.15. The van der Waals surface area contributed by atoms with E-state index in [9.17, 15) is 4.79 Å². The first-order chi connectivity index (χ1) is 6.66. The van der Waals surface area contributed by atoms with Crippen LogP contribution in [0.5, 0.6) is 0 Å². The molecule has 0 saturated carbocycles. The number of hydrogen-bond donors (Lipinski definition) is 0. The molecule has 0 spiro atoms. The zero-order chi connectivity index (χ0) is 10.1. The molecule has 0 aliphatic carbocycles. The van der Waals surface area contributed by atoms with Crippen LogP contribution in [0.15, 0.2) is 22.8 Å². The fourth-order valence-electron chi connectivity index (χ4n) is 1.10. The summed E-state index contributed by atoms with van der Waals surface area (Å²) in [6.45, 7) is 3.49. The second kappa shape index (κ2) is 3.38. The highest BCUT2D eigenvalue weighted by molar-refractivity contribution is 7.15. The van der Waals surface area contributed by atoms with Crippen molar-refractivity contribution in [2.45, 2.75) is 13.8 Å². The van der Waals surface area contributed by atoms with Gasteiger partial charge in [0, 0.05) is 11.8 Å². The van der Waals surface area contributed by atoms with Crippen molar-refractivity contribution in [1.29, 1.82) is 0 Å². The first-order valence-electron chi connectivity index (χ1n) is 4.20. The standard InChI is InChI=1S/C10H9NO2S/c1-6-3-4-9(14-6)10-11-8(5-13-10)7(2)12/h3-5H,1-2H3. The van der Waals surface area contributed by atoms with Crippen LogP contribution in [0.25, 0.3) is 10.8 Å². The van der Waals surface area contributed by atoms with Crippen LogP contribution >= 0.6 is 11.3 Å². The Morgan fingerprint density at radius 2 is 2.29 bits per heavy atom. The molecule has 0 atom stereocenters. The van der Waals surface area contributed by atoms with Crippen molar-refractivity contribution in [2.75, 3.05) is 0 Å². The number of aryl methyl sites for hydroxylation is 1. The van der Waals surface area contributed by atoms with Gasteiger partial charge in [-0.3, -0.25) is 4.79 Å². The third kappa shape index (κ3) is 1.61. The molecule has 3 nitrogen and oxygen atoms in total.